The molecule has 178 valence electrons. The molecule has 0 radical (unpaired) electrons. The number of azo groups is 1. The SMILES string of the molecule is Nc1cc(N(CCO)CCO)ccc1N=Nc1ccc(S(=O)(=O)CCO[S-](=O)=O)cc1.O.[Na+]. The fraction of sp³-hybridized carbons (Fsp3) is 0.333. The van der Waals surface area contributed by atoms with Gasteiger partial charge in [-0.25, -0.2) is 8.42 Å². The van der Waals surface area contributed by atoms with Crippen LogP contribution >= 0.6 is 0 Å². The van der Waals surface area contributed by atoms with Crippen molar-refractivity contribution in [3.63, 3.8) is 0 Å². The van der Waals surface area contributed by atoms with Gasteiger partial charge >= 0.3 is 29.6 Å². The van der Waals surface area contributed by atoms with Gasteiger partial charge in [-0.1, -0.05) is 0 Å². The van der Waals surface area contributed by atoms with Crippen LogP contribution in [0.2, 0.25) is 0 Å². The summed E-state index contributed by atoms with van der Waals surface area (Å²) in [6.45, 7) is 0.0771. The normalized spacial score (nSPS) is 11.2. The molecule has 0 saturated carbocycles. The number of hydrogen-bond donors (Lipinski definition) is 3. The summed E-state index contributed by atoms with van der Waals surface area (Å²) in [4.78, 5) is 1.78. The Morgan fingerprint density at radius 1 is 1.00 bits per heavy atom. The number of anilines is 2. The monoisotopic (exact) mass is 512 g/mol. The molecule has 2 rings (SSSR count). The zero-order valence-corrected chi connectivity index (χ0v) is 21.6. The summed E-state index contributed by atoms with van der Waals surface area (Å²) in [5.74, 6) is -0.478. The first-order chi connectivity index (χ1) is 14.8. The quantitative estimate of drug-likeness (QED) is 0.121. The first-order valence-electron chi connectivity index (χ1n) is 9.10. The number of benzene rings is 2. The Bertz CT molecular complexity index is 1070. The number of nitrogen functional groups attached to an aromatic ring is 1. The maximum atomic E-state index is 12.1. The van der Waals surface area contributed by atoms with Gasteiger partial charge in [-0.15, -0.1) is 5.11 Å². The molecule has 33 heavy (non-hydrogen) atoms. The molecule has 0 aromatic heterocycles. The molecule has 0 atom stereocenters. The van der Waals surface area contributed by atoms with Crippen LogP contribution in [0.1, 0.15) is 0 Å². The van der Waals surface area contributed by atoms with Crippen LogP contribution in [0.5, 0.6) is 0 Å². The van der Waals surface area contributed by atoms with E-state index in [2.05, 4.69) is 14.4 Å². The Balaban J connectivity index is 0.00000512. The van der Waals surface area contributed by atoms with E-state index >= 15 is 0 Å². The third-order valence-corrected chi connectivity index (χ3v) is 6.17. The summed E-state index contributed by atoms with van der Waals surface area (Å²) in [6.07, 6.45) is 0. The summed E-state index contributed by atoms with van der Waals surface area (Å²) < 4.78 is 49.2. The zero-order chi connectivity index (χ0) is 22.9. The molecule has 0 amide bonds. The van der Waals surface area contributed by atoms with Crippen LogP contribution in [0.3, 0.4) is 0 Å². The molecular formula is C18H25N4NaO8S2. The van der Waals surface area contributed by atoms with E-state index in [1.807, 2.05) is 0 Å². The summed E-state index contributed by atoms with van der Waals surface area (Å²) in [5, 5.41) is 26.4. The molecular weight excluding hydrogens is 487 g/mol. The van der Waals surface area contributed by atoms with Crippen LogP contribution in [0, 0.1) is 0 Å². The third kappa shape index (κ3) is 10.0. The Hall–Kier alpha value is -1.62. The Morgan fingerprint density at radius 2 is 1.61 bits per heavy atom. The Kier molecular flexibility index (Phi) is 14.6. The van der Waals surface area contributed by atoms with Crippen molar-refractivity contribution >= 4 is 43.6 Å². The molecule has 0 aliphatic heterocycles. The van der Waals surface area contributed by atoms with Crippen LogP contribution in [-0.4, -0.2) is 62.8 Å². The van der Waals surface area contributed by atoms with Crippen LogP contribution in [0.25, 0.3) is 0 Å². The Morgan fingerprint density at radius 3 is 2.12 bits per heavy atom. The molecule has 2 aromatic rings. The minimum atomic E-state index is -3.70. The van der Waals surface area contributed by atoms with Crippen LogP contribution in [0.15, 0.2) is 57.6 Å². The molecule has 0 aliphatic rings. The first kappa shape index (κ1) is 31.4. The number of aliphatic hydroxyl groups is 2. The number of aliphatic hydroxyl groups excluding tert-OH is 2. The van der Waals surface area contributed by atoms with Gasteiger partial charge in [-0.2, -0.15) is 5.11 Å². The van der Waals surface area contributed by atoms with Crippen molar-refractivity contribution in [1.82, 2.24) is 0 Å². The smallest absolute Gasteiger partial charge is 0.423 e. The minimum Gasteiger partial charge on any atom is -0.423 e. The second kappa shape index (κ2) is 15.3. The van der Waals surface area contributed by atoms with Gasteiger partial charge in [0.25, 0.3) is 0 Å². The van der Waals surface area contributed by atoms with E-state index in [1.165, 1.54) is 24.3 Å². The second-order valence-electron chi connectivity index (χ2n) is 6.22. The van der Waals surface area contributed by atoms with Crippen molar-refractivity contribution < 1.29 is 66.3 Å². The number of rotatable bonds is 12. The van der Waals surface area contributed by atoms with Gasteiger partial charge in [0.1, 0.15) is 5.69 Å². The number of hydrogen-bond acceptors (Lipinski definition) is 12. The molecule has 0 fully saturated rings. The van der Waals surface area contributed by atoms with Crippen LogP contribution in [-0.2, 0) is 33.4 Å². The standard InChI is InChI=1S/C18H23N4O7S2.Na.H2O/c19-17-13-15(22(7-9-23)8-10-24)3-6-18(17)21-20-14-1-4-16(5-2-14)31(27,28)12-11-29-30(25)26;;/h1-6,13,23-24H,7-12,19H2;;1H2/q-1;+1;. The molecule has 12 nitrogen and oxygen atoms in total. The van der Waals surface area contributed by atoms with Crippen molar-refractivity contribution in [3.8, 4) is 0 Å². The van der Waals surface area contributed by atoms with E-state index in [0.29, 0.717) is 30.2 Å². The van der Waals surface area contributed by atoms with Gasteiger partial charge in [0.15, 0.2) is 9.84 Å². The number of nitrogens with two attached hydrogens (primary N) is 1. The maximum Gasteiger partial charge on any atom is 1.00 e. The Labute approximate surface area is 215 Å². The largest absolute Gasteiger partial charge is 1.00 e. The molecule has 0 unspecified atom stereocenters. The van der Waals surface area contributed by atoms with Crippen molar-refractivity contribution in [1.29, 1.82) is 0 Å². The molecule has 0 saturated heterocycles. The van der Waals surface area contributed by atoms with Crippen molar-refractivity contribution in [2.45, 2.75) is 4.90 Å². The van der Waals surface area contributed by atoms with E-state index in [-0.39, 0.29) is 53.1 Å². The van der Waals surface area contributed by atoms with Crippen molar-refractivity contribution in [2.24, 2.45) is 10.2 Å². The summed E-state index contributed by atoms with van der Waals surface area (Å²) in [6, 6.07) is 10.6. The first-order valence-corrected chi connectivity index (χ1v) is 11.8. The predicted octanol–water partition coefficient (Wildman–Crippen LogP) is -2.33. The van der Waals surface area contributed by atoms with E-state index in [9.17, 15) is 16.8 Å². The van der Waals surface area contributed by atoms with Gasteiger partial charge in [0, 0.05) is 25.4 Å². The van der Waals surface area contributed by atoms with Gasteiger partial charge in [-0.3, -0.25) is 0 Å². The molecule has 2 aromatic carbocycles. The topological polar surface area (TPSA) is 203 Å². The average Bonchev–Trinajstić information content (AvgIpc) is 2.72. The third-order valence-electron chi connectivity index (χ3n) is 4.12. The fourth-order valence-corrected chi connectivity index (χ4v) is 4.02. The number of sulfone groups is 1. The second-order valence-corrected chi connectivity index (χ2v) is 8.97. The summed E-state index contributed by atoms with van der Waals surface area (Å²) in [5.41, 5.74) is 7.88. The summed E-state index contributed by atoms with van der Waals surface area (Å²) >= 11 is 0. The van der Waals surface area contributed by atoms with E-state index in [1.54, 1.807) is 23.1 Å². The van der Waals surface area contributed by atoms with E-state index < -0.39 is 33.2 Å². The van der Waals surface area contributed by atoms with Crippen LogP contribution in [0.4, 0.5) is 22.7 Å². The van der Waals surface area contributed by atoms with Gasteiger partial charge in [0.2, 0.25) is 0 Å². The van der Waals surface area contributed by atoms with Crippen molar-refractivity contribution in [3.05, 3.63) is 42.5 Å². The fourth-order valence-electron chi connectivity index (χ4n) is 2.60. The molecule has 15 heteroatoms. The average molecular weight is 513 g/mol. The van der Waals surface area contributed by atoms with Gasteiger partial charge in [-0.05, 0) is 42.5 Å². The molecule has 0 spiro atoms. The minimum absolute atomic E-state index is 0. The zero-order valence-electron chi connectivity index (χ0n) is 18.0. The molecule has 0 bridgehead atoms. The number of nitrogens with zero attached hydrogens (tertiary/aromatic N) is 3. The van der Waals surface area contributed by atoms with Crippen molar-refractivity contribution in [2.75, 3.05) is 49.3 Å². The van der Waals surface area contributed by atoms with E-state index in [4.69, 9.17) is 15.9 Å². The molecule has 0 aliphatic carbocycles. The van der Waals surface area contributed by atoms with Crippen LogP contribution < -0.4 is 40.2 Å². The van der Waals surface area contributed by atoms with Gasteiger partial charge in [0.05, 0.1) is 46.2 Å². The predicted molar refractivity (Wildman–Crippen MR) is 118 cm³/mol. The summed E-state index contributed by atoms with van der Waals surface area (Å²) in [7, 11) is -6.47. The molecule has 0 heterocycles. The maximum absolute atomic E-state index is 12.1. The van der Waals surface area contributed by atoms with E-state index in [0.717, 1.165) is 5.69 Å². The molecule has 6 N–H and O–H groups in total. The van der Waals surface area contributed by atoms with Gasteiger partial charge < -0.3 is 38.9 Å².